The summed E-state index contributed by atoms with van der Waals surface area (Å²) in [4.78, 5) is 0. The van der Waals surface area contributed by atoms with Gasteiger partial charge in [-0.1, -0.05) is 0 Å². The third-order valence-electron chi connectivity index (χ3n) is 2.26. The Labute approximate surface area is 97.2 Å². The molecule has 0 saturated carbocycles. The van der Waals surface area contributed by atoms with Gasteiger partial charge in [-0.05, 0) is 41.4 Å². The molecule has 0 aromatic heterocycles. The maximum absolute atomic E-state index is 13.4. The van der Waals surface area contributed by atoms with Crippen LogP contribution in [0.5, 0.6) is 5.75 Å². The third kappa shape index (κ3) is 2.69. The molecule has 0 aliphatic rings. The van der Waals surface area contributed by atoms with Gasteiger partial charge in [0.05, 0.1) is 17.7 Å². The van der Waals surface area contributed by atoms with E-state index in [1.807, 2.05) is 0 Å². The van der Waals surface area contributed by atoms with Crippen LogP contribution in [0.25, 0.3) is 0 Å². The van der Waals surface area contributed by atoms with Crippen molar-refractivity contribution in [3.63, 3.8) is 0 Å². The number of methoxy groups -OCH3 is 1. The zero-order valence-corrected chi connectivity index (χ0v) is 10.6. The van der Waals surface area contributed by atoms with E-state index < -0.39 is 6.10 Å². The van der Waals surface area contributed by atoms with E-state index in [2.05, 4.69) is 15.9 Å². The molecule has 0 fully saturated rings. The normalized spacial score (nSPS) is 12.7. The second kappa shape index (κ2) is 4.94. The van der Waals surface area contributed by atoms with Crippen LogP contribution in [0.4, 0.5) is 4.39 Å². The monoisotopic (exact) mass is 276 g/mol. The summed E-state index contributed by atoms with van der Waals surface area (Å²) in [6, 6.07) is 1.37. The van der Waals surface area contributed by atoms with Crippen molar-refractivity contribution >= 4 is 15.9 Å². The Balaban J connectivity index is 3.30. The molecule has 1 rings (SSSR count). The van der Waals surface area contributed by atoms with E-state index in [4.69, 9.17) is 4.74 Å². The molecule has 1 atom stereocenters. The Kier molecular flexibility index (Phi) is 4.11. The Morgan fingerprint density at radius 2 is 2.20 bits per heavy atom. The number of halogens is 2. The first-order valence-corrected chi connectivity index (χ1v) is 5.46. The molecule has 84 valence electrons. The van der Waals surface area contributed by atoms with Crippen LogP contribution in [-0.4, -0.2) is 18.3 Å². The predicted molar refractivity (Wildman–Crippen MR) is 60.8 cm³/mol. The Morgan fingerprint density at radius 1 is 1.60 bits per heavy atom. The highest BCUT2D eigenvalue weighted by Crippen LogP contribution is 2.33. The summed E-state index contributed by atoms with van der Waals surface area (Å²) in [5, 5.41) is 9.34. The minimum absolute atomic E-state index is 0.293. The van der Waals surface area contributed by atoms with Gasteiger partial charge in [0.2, 0.25) is 0 Å². The summed E-state index contributed by atoms with van der Waals surface area (Å²) >= 11 is 3.24. The molecule has 1 aromatic carbocycles. The number of aliphatic hydroxyl groups excluding tert-OH is 1. The molecular formula is C11H14BrFO2. The SMILES string of the molecule is COc1c(Br)cc(F)c(C)c1CC(C)O. The second-order valence-electron chi connectivity index (χ2n) is 3.53. The summed E-state index contributed by atoms with van der Waals surface area (Å²) in [5.41, 5.74) is 1.23. The van der Waals surface area contributed by atoms with Crippen LogP contribution in [0.3, 0.4) is 0 Å². The number of rotatable bonds is 3. The first-order valence-electron chi connectivity index (χ1n) is 4.67. The minimum atomic E-state index is -0.522. The first kappa shape index (κ1) is 12.5. The van der Waals surface area contributed by atoms with Gasteiger partial charge >= 0.3 is 0 Å². The predicted octanol–water partition coefficient (Wildman–Crippen LogP) is 2.83. The van der Waals surface area contributed by atoms with Gasteiger partial charge < -0.3 is 9.84 Å². The van der Waals surface area contributed by atoms with Gasteiger partial charge in [0, 0.05) is 12.0 Å². The molecule has 0 radical (unpaired) electrons. The number of hydrogen-bond donors (Lipinski definition) is 1. The molecule has 0 amide bonds. The molecular weight excluding hydrogens is 263 g/mol. The van der Waals surface area contributed by atoms with E-state index in [9.17, 15) is 9.50 Å². The van der Waals surface area contributed by atoms with Gasteiger partial charge in [0.15, 0.2) is 0 Å². The van der Waals surface area contributed by atoms with Gasteiger partial charge in [-0.25, -0.2) is 4.39 Å². The lowest BCUT2D eigenvalue weighted by molar-refractivity contribution is 0.193. The van der Waals surface area contributed by atoms with Crippen molar-refractivity contribution in [3.05, 3.63) is 27.5 Å². The highest BCUT2D eigenvalue weighted by molar-refractivity contribution is 9.10. The zero-order valence-electron chi connectivity index (χ0n) is 8.97. The Bertz CT molecular complexity index is 364. The second-order valence-corrected chi connectivity index (χ2v) is 4.38. The molecule has 0 saturated heterocycles. The maximum atomic E-state index is 13.4. The van der Waals surface area contributed by atoms with Gasteiger partial charge in [-0.2, -0.15) is 0 Å². The Morgan fingerprint density at radius 3 is 2.67 bits per heavy atom. The van der Waals surface area contributed by atoms with Crippen LogP contribution in [0.2, 0.25) is 0 Å². The molecule has 1 unspecified atom stereocenters. The van der Waals surface area contributed by atoms with Crippen LogP contribution in [0.15, 0.2) is 10.5 Å². The van der Waals surface area contributed by atoms with Crippen LogP contribution >= 0.6 is 15.9 Å². The van der Waals surface area contributed by atoms with Crippen LogP contribution in [-0.2, 0) is 6.42 Å². The molecule has 0 aliphatic heterocycles. The number of benzene rings is 1. The van der Waals surface area contributed by atoms with Crippen molar-refractivity contribution < 1.29 is 14.2 Å². The lowest BCUT2D eigenvalue weighted by atomic mass is 10.0. The molecule has 1 N–H and O–H groups in total. The third-order valence-corrected chi connectivity index (χ3v) is 2.85. The van der Waals surface area contributed by atoms with E-state index in [1.54, 1.807) is 13.8 Å². The molecule has 1 aromatic rings. The van der Waals surface area contributed by atoms with Gasteiger partial charge in [0.1, 0.15) is 11.6 Å². The van der Waals surface area contributed by atoms with Gasteiger partial charge in [-0.3, -0.25) is 0 Å². The molecule has 15 heavy (non-hydrogen) atoms. The summed E-state index contributed by atoms with van der Waals surface area (Å²) < 4.78 is 19.2. The summed E-state index contributed by atoms with van der Waals surface area (Å²) in [5.74, 6) is 0.299. The minimum Gasteiger partial charge on any atom is -0.495 e. The van der Waals surface area contributed by atoms with Gasteiger partial charge in [-0.15, -0.1) is 0 Å². The summed E-state index contributed by atoms with van der Waals surface area (Å²) in [6.45, 7) is 3.35. The average Bonchev–Trinajstić information content (AvgIpc) is 2.13. The van der Waals surface area contributed by atoms with Crippen molar-refractivity contribution in [1.29, 1.82) is 0 Å². The van der Waals surface area contributed by atoms with E-state index in [0.29, 0.717) is 27.8 Å². The first-order chi connectivity index (χ1) is 6.97. The van der Waals surface area contributed by atoms with E-state index in [1.165, 1.54) is 13.2 Å². The fourth-order valence-electron chi connectivity index (χ4n) is 1.51. The average molecular weight is 277 g/mol. The largest absolute Gasteiger partial charge is 0.495 e. The smallest absolute Gasteiger partial charge is 0.136 e. The summed E-state index contributed by atoms with van der Waals surface area (Å²) in [7, 11) is 1.53. The van der Waals surface area contributed by atoms with Crippen LogP contribution < -0.4 is 4.74 Å². The van der Waals surface area contributed by atoms with E-state index >= 15 is 0 Å². The maximum Gasteiger partial charge on any atom is 0.136 e. The standard InChI is InChI=1S/C11H14BrFO2/c1-6(14)4-8-7(2)10(13)5-9(12)11(8)15-3/h5-6,14H,4H2,1-3H3. The van der Waals surface area contributed by atoms with Crippen LogP contribution in [0, 0.1) is 12.7 Å². The molecule has 0 heterocycles. The summed E-state index contributed by atoms with van der Waals surface area (Å²) in [6.07, 6.45) is -0.142. The van der Waals surface area contributed by atoms with Crippen molar-refractivity contribution in [2.75, 3.05) is 7.11 Å². The van der Waals surface area contributed by atoms with Gasteiger partial charge in [0.25, 0.3) is 0 Å². The molecule has 0 spiro atoms. The van der Waals surface area contributed by atoms with E-state index in [0.717, 1.165) is 0 Å². The molecule has 4 heteroatoms. The lowest BCUT2D eigenvalue weighted by Gasteiger charge is -2.15. The van der Waals surface area contributed by atoms with Crippen molar-refractivity contribution in [1.82, 2.24) is 0 Å². The zero-order chi connectivity index (χ0) is 11.6. The fraction of sp³-hybridized carbons (Fsp3) is 0.455. The van der Waals surface area contributed by atoms with Crippen molar-refractivity contribution in [3.8, 4) is 5.75 Å². The number of aliphatic hydroxyl groups is 1. The van der Waals surface area contributed by atoms with Crippen molar-refractivity contribution in [2.24, 2.45) is 0 Å². The lowest BCUT2D eigenvalue weighted by Crippen LogP contribution is -2.09. The molecule has 2 nitrogen and oxygen atoms in total. The quantitative estimate of drug-likeness (QED) is 0.920. The Hall–Kier alpha value is -0.610. The topological polar surface area (TPSA) is 29.5 Å². The highest BCUT2D eigenvalue weighted by Gasteiger charge is 2.16. The van der Waals surface area contributed by atoms with E-state index in [-0.39, 0.29) is 5.82 Å². The molecule has 0 aliphatic carbocycles. The number of ether oxygens (including phenoxy) is 1. The van der Waals surface area contributed by atoms with Crippen molar-refractivity contribution in [2.45, 2.75) is 26.4 Å². The fourth-order valence-corrected chi connectivity index (χ4v) is 2.11. The molecule has 0 bridgehead atoms. The number of hydrogen-bond acceptors (Lipinski definition) is 2. The van der Waals surface area contributed by atoms with Crippen LogP contribution in [0.1, 0.15) is 18.1 Å². The highest BCUT2D eigenvalue weighted by atomic mass is 79.9.